The van der Waals surface area contributed by atoms with E-state index in [0.717, 1.165) is 0 Å². The van der Waals surface area contributed by atoms with Gasteiger partial charge in [-0.3, -0.25) is 0 Å². The van der Waals surface area contributed by atoms with E-state index in [9.17, 15) is 5.11 Å². The van der Waals surface area contributed by atoms with Crippen LogP contribution in [0.1, 0.15) is 20.8 Å². The fourth-order valence-electron chi connectivity index (χ4n) is 0.342. The molecule has 0 bridgehead atoms. The molecule has 0 aromatic heterocycles. The summed E-state index contributed by atoms with van der Waals surface area (Å²) < 4.78 is 4.69. The number of ether oxygens (including phenoxy) is 1. The molecule has 0 aliphatic rings. The van der Waals surface area contributed by atoms with Gasteiger partial charge in [-0.05, 0) is 27.4 Å². The molecule has 0 aromatic rings. The van der Waals surface area contributed by atoms with E-state index in [1.165, 1.54) is 0 Å². The van der Waals surface area contributed by atoms with Gasteiger partial charge in [-0.15, -0.1) is 0 Å². The lowest BCUT2D eigenvalue weighted by molar-refractivity contribution is -0.0361. The average Bonchev–Trinajstić information content (AvgIpc) is 1.21. The molecule has 0 rings (SSSR count). The van der Waals surface area contributed by atoms with Crippen LogP contribution in [0.2, 0.25) is 0 Å². The molecule has 0 heterocycles. The number of rotatable bonds is 1. The molecule has 0 aliphatic heterocycles. The van der Waals surface area contributed by atoms with E-state index in [2.05, 4.69) is 11.3 Å². The third kappa shape index (κ3) is 5.34. The molecule has 0 fully saturated rings. The van der Waals surface area contributed by atoms with Crippen molar-refractivity contribution in [2.75, 3.05) is 0 Å². The molecule has 0 unspecified atom stereocenters. The van der Waals surface area contributed by atoms with E-state index in [-0.39, 0.29) is 0 Å². The van der Waals surface area contributed by atoms with E-state index in [4.69, 9.17) is 0 Å². The zero-order valence-electron chi connectivity index (χ0n) is 5.52. The normalized spacial score (nSPS) is 10.9. The highest BCUT2D eigenvalue weighted by atomic mass is 16.6. The van der Waals surface area contributed by atoms with E-state index in [0.29, 0.717) is 0 Å². The Hall–Kier alpha value is -0.660. The van der Waals surface area contributed by atoms with Gasteiger partial charge in [0.05, 0.1) is 0 Å². The first-order valence-electron chi connectivity index (χ1n) is 2.47. The lowest BCUT2D eigenvalue weighted by atomic mass is 10.2. The highest BCUT2D eigenvalue weighted by Crippen LogP contribution is 2.09. The van der Waals surface area contributed by atoms with E-state index >= 15 is 0 Å². The molecule has 0 atom stereocenters. The Morgan fingerprint density at radius 2 is 1.88 bits per heavy atom. The van der Waals surface area contributed by atoms with E-state index in [1.807, 2.05) is 0 Å². The van der Waals surface area contributed by atoms with Crippen LogP contribution in [0.5, 0.6) is 0 Å². The number of hydrogen-bond acceptors (Lipinski definition) is 1. The molecule has 0 saturated heterocycles. The molecule has 2 heteroatoms. The average molecular weight is 115 g/mol. The van der Waals surface area contributed by atoms with E-state index < -0.39 is 11.5 Å². The van der Waals surface area contributed by atoms with Crippen LogP contribution in [0.4, 0.5) is 0 Å². The highest BCUT2D eigenvalue weighted by Gasteiger charge is 2.11. The predicted molar refractivity (Wildman–Crippen MR) is 30.7 cm³/mol. The van der Waals surface area contributed by atoms with Gasteiger partial charge < -0.3 is 4.74 Å². The molecular formula is C6H11O2. The van der Waals surface area contributed by atoms with Gasteiger partial charge in [0.2, 0.25) is 0 Å². The fourth-order valence-corrected chi connectivity index (χ4v) is 0.342. The third-order valence-corrected chi connectivity index (χ3v) is 0.420. The monoisotopic (exact) mass is 115 g/mol. The Morgan fingerprint density at radius 3 is 1.88 bits per heavy atom. The van der Waals surface area contributed by atoms with E-state index in [1.54, 1.807) is 20.8 Å². The lowest BCUT2D eigenvalue weighted by Crippen LogP contribution is -2.17. The van der Waals surface area contributed by atoms with Crippen molar-refractivity contribution in [2.45, 2.75) is 26.4 Å². The first kappa shape index (κ1) is 7.34. The second-order valence-corrected chi connectivity index (χ2v) is 2.59. The van der Waals surface area contributed by atoms with Crippen LogP contribution >= 0.6 is 0 Å². The maximum atomic E-state index is 10.1. The minimum atomic E-state index is -0.475. The predicted octanol–water partition coefficient (Wildman–Crippen LogP) is 1.70. The zero-order valence-corrected chi connectivity index (χ0v) is 5.52. The third-order valence-electron chi connectivity index (χ3n) is 0.420. The molecule has 0 amide bonds. The smallest absolute Gasteiger partial charge is 0.323 e. The van der Waals surface area contributed by atoms with Gasteiger partial charge in [-0.2, -0.15) is 0 Å². The van der Waals surface area contributed by atoms with Gasteiger partial charge in [0.1, 0.15) is 5.60 Å². The van der Waals surface area contributed by atoms with Crippen molar-refractivity contribution < 1.29 is 9.84 Å². The molecule has 2 nitrogen and oxygen atoms in total. The van der Waals surface area contributed by atoms with Crippen LogP contribution in [-0.4, -0.2) is 5.60 Å². The molecule has 47 valence electrons. The molecule has 1 radical (unpaired) electrons. The highest BCUT2D eigenvalue weighted by molar-refractivity contribution is 4.70. The Labute approximate surface area is 49.8 Å². The summed E-state index contributed by atoms with van der Waals surface area (Å²) in [5.41, 5.74) is -0.390. The molecular weight excluding hydrogens is 104 g/mol. The van der Waals surface area contributed by atoms with Gasteiger partial charge in [0.15, 0.2) is 0 Å². The van der Waals surface area contributed by atoms with Crippen molar-refractivity contribution in [1.82, 2.24) is 0 Å². The van der Waals surface area contributed by atoms with Gasteiger partial charge >= 0.3 is 5.95 Å². The van der Waals surface area contributed by atoms with Crippen molar-refractivity contribution in [2.24, 2.45) is 0 Å². The Bertz CT molecular complexity index is 89.2. The molecule has 8 heavy (non-hydrogen) atoms. The minimum absolute atomic E-state index is 0.390. The summed E-state index contributed by atoms with van der Waals surface area (Å²) in [7, 11) is 0. The van der Waals surface area contributed by atoms with Crippen LogP contribution in [0.3, 0.4) is 0 Å². The standard InChI is InChI=1S/C6H11O2/c1-5(7)8-6(2,3)4/h1H2,2-4H3. The second kappa shape index (κ2) is 2.07. The summed E-state index contributed by atoms with van der Waals surface area (Å²) in [6.45, 7) is 8.47. The van der Waals surface area contributed by atoms with Gasteiger partial charge in [-0.1, -0.05) is 0 Å². The molecule has 0 spiro atoms. The summed E-state index contributed by atoms with van der Waals surface area (Å²) in [6.07, 6.45) is 0. The van der Waals surface area contributed by atoms with Crippen molar-refractivity contribution in [3.05, 3.63) is 12.5 Å². The Kier molecular flexibility index (Phi) is 1.90. The quantitative estimate of drug-likeness (QED) is 0.478. The lowest BCUT2D eigenvalue weighted by Gasteiger charge is -2.17. The second-order valence-electron chi connectivity index (χ2n) is 2.59. The van der Waals surface area contributed by atoms with Crippen molar-refractivity contribution in [3.8, 4) is 0 Å². The van der Waals surface area contributed by atoms with Crippen LogP contribution < -0.4 is 0 Å². The Morgan fingerprint density at radius 1 is 1.50 bits per heavy atom. The van der Waals surface area contributed by atoms with Crippen LogP contribution in [0.15, 0.2) is 12.5 Å². The zero-order chi connectivity index (χ0) is 6.78. The SMILES string of the molecule is C=C([O])OC(C)(C)C. The van der Waals surface area contributed by atoms with Crippen molar-refractivity contribution >= 4 is 0 Å². The van der Waals surface area contributed by atoms with Gasteiger partial charge in [-0.25, -0.2) is 5.11 Å². The summed E-state index contributed by atoms with van der Waals surface area (Å²) >= 11 is 0. The summed E-state index contributed by atoms with van der Waals surface area (Å²) in [4.78, 5) is 0. The number of hydrogen-bond donors (Lipinski definition) is 0. The maximum absolute atomic E-state index is 10.1. The Balaban J connectivity index is 3.55. The molecule has 0 aromatic carbocycles. The van der Waals surface area contributed by atoms with Gasteiger partial charge in [0, 0.05) is 0 Å². The summed E-state index contributed by atoms with van der Waals surface area (Å²) in [5.74, 6) is -0.475. The first-order valence-corrected chi connectivity index (χ1v) is 2.47. The summed E-state index contributed by atoms with van der Waals surface area (Å²) in [5, 5.41) is 10.1. The minimum Gasteiger partial charge on any atom is -0.457 e. The maximum Gasteiger partial charge on any atom is 0.323 e. The van der Waals surface area contributed by atoms with Crippen LogP contribution in [0.25, 0.3) is 0 Å². The molecule has 0 N–H and O–H groups in total. The largest absolute Gasteiger partial charge is 0.457 e. The van der Waals surface area contributed by atoms with Crippen molar-refractivity contribution in [3.63, 3.8) is 0 Å². The first-order chi connectivity index (χ1) is 3.42. The molecule has 0 aliphatic carbocycles. The van der Waals surface area contributed by atoms with Crippen LogP contribution in [0, 0.1) is 0 Å². The van der Waals surface area contributed by atoms with Crippen LogP contribution in [-0.2, 0) is 9.84 Å². The van der Waals surface area contributed by atoms with Crippen molar-refractivity contribution in [1.29, 1.82) is 0 Å². The van der Waals surface area contributed by atoms with Gasteiger partial charge in [0.25, 0.3) is 0 Å². The molecule has 0 saturated carbocycles. The fraction of sp³-hybridized carbons (Fsp3) is 0.667. The topological polar surface area (TPSA) is 29.1 Å². The summed E-state index contributed by atoms with van der Waals surface area (Å²) in [6, 6.07) is 0.